The summed E-state index contributed by atoms with van der Waals surface area (Å²) in [7, 11) is 3.04. The Bertz CT molecular complexity index is 658. The van der Waals surface area contributed by atoms with E-state index in [9.17, 15) is 10.1 Å². The first-order chi connectivity index (χ1) is 9.55. The van der Waals surface area contributed by atoms with Gasteiger partial charge in [0.25, 0.3) is 5.69 Å². The highest BCUT2D eigenvalue weighted by molar-refractivity contribution is 5.71. The lowest BCUT2D eigenvalue weighted by molar-refractivity contribution is -0.384. The van der Waals surface area contributed by atoms with Crippen LogP contribution in [-0.4, -0.2) is 24.1 Å². The van der Waals surface area contributed by atoms with Crippen LogP contribution in [0.5, 0.6) is 11.5 Å². The van der Waals surface area contributed by atoms with Gasteiger partial charge in [0, 0.05) is 17.7 Å². The highest BCUT2D eigenvalue weighted by atomic mass is 16.6. The van der Waals surface area contributed by atoms with Gasteiger partial charge in [-0.3, -0.25) is 10.1 Å². The average molecular weight is 275 g/mol. The minimum absolute atomic E-state index is 0.0760. The van der Waals surface area contributed by atoms with Gasteiger partial charge in [-0.25, -0.2) is 4.98 Å². The molecule has 7 heteroatoms. The Hall–Kier alpha value is -2.83. The molecule has 0 fully saturated rings. The SMILES string of the molecule is COc1ccc(-c2cc([N+](=O)[O-])cc(N)n2)c(OC)c1. The van der Waals surface area contributed by atoms with Crippen LogP contribution in [0.15, 0.2) is 30.3 Å². The van der Waals surface area contributed by atoms with Crippen LogP contribution in [-0.2, 0) is 0 Å². The summed E-state index contributed by atoms with van der Waals surface area (Å²) in [6, 6.07) is 7.66. The Labute approximate surface area is 115 Å². The average Bonchev–Trinajstić information content (AvgIpc) is 2.45. The third-order valence-electron chi connectivity index (χ3n) is 2.73. The molecule has 0 unspecified atom stereocenters. The Morgan fingerprint density at radius 1 is 1.20 bits per heavy atom. The number of methoxy groups -OCH3 is 2. The van der Waals surface area contributed by atoms with E-state index in [4.69, 9.17) is 15.2 Å². The van der Waals surface area contributed by atoms with Crippen LogP contribution >= 0.6 is 0 Å². The fourth-order valence-corrected chi connectivity index (χ4v) is 1.79. The van der Waals surface area contributed by atoms with Crippen molar-refractivity contribution < 1.29 is 14.4 Å². The molecule has 2 aromatic rings. The Morgan fingerprint density at radius 3 is 2.55 bits per heavy atom. The zero-order chi connectivity index (χ0) is 14.7. The van der Waals surface area contributed by atoms with E-state index in [1.165, 1.54) is 26.4 Å². The Kier molecular flexibility index (Phi) is 3.69. The van der Waals surface area contributed by atoms with Crippen molar-refractivity contribution in [2.75, 3.05) is 20.0 Å². The van der Waals surface area contributed by atoms with Crippen molar-refractivity contribution >= 4 is 11.5 Å². The van der Waals surface area contributed by atoms with Crippen LogP contribution < -0.4 is 15.2 Å². The van der Waals surface area contributed by atoms with Gasteiger partial charge < -0.3 is 15.2 Å². The maximum Gasteiger partial charge on any atom is 0.275 e. The van der Waals surface area contributed by atoms with E-state index in [1.807, 2.05) is 0 Å². The second kappa shape index (κ2) is 5.43. The first-order valence-corrected chi connectivity index (χ1v) is 5.69. The molecular formula is C13H13N3O4. The number of aromatic nitrogens is 1. The standard InChI is InChI=1S/C13H13N3O4/c1-19-9-3-4-10(12(7-9)20-2)11-5-8(16(17)18)6-13(14)15-11/h3-7H,1-2H3,(H2,14,15). The predicted molar refractivity (Wildman–Crippen MR) is 73.8 cm³/mol. The van der Waals surface area contributed by atoms with E-state index in [-0.39, 0.29) is 11.5 Å². The summed E-state index contributed by atoms with van der Waals surface area (Å²) >= 11 is 0. The van der Waals surface area contributed by atoms with E-state index in [0.717, 1.165) is 0 Å². The van der Waals surface area contributed by atoms with Crippen molar-refractivity contribution in [3.8, 4) is 22.8 Å². The molecular weight excluding hydrogens is 262 g/mol. The van der Waals surface area contributed by atoms with E-state index in [1.54, 1.807) is 18.2 Å². The number of pyridine rings is 1. The lowest BCUT2D eigenvalue weighted by Gasteiger charge is -2.10. The van der Waals surface area contributed by atoms with Crippen LogP contribution in [0.2, 0.25) is 0 Å². The third-order valence-corrected chi connectivity index (χ3v) is 2.73. The molecule has 0 saturated carbocycles. The number of nitrogens with two attached hydrogens (primary N) is 1. The smallest absolute Gasteiger partial charge is 0.275 e. The molecule has 2 N–H and O–H groups in total. The Morgan fingerprint density at radius 2 is 1.95 bits per heavy atom. The number of anilines is 1. The molecule has 2 rings (SSSR count). The van der Waals surface area contributed by atoms with Gasteiger partial charge in [-0.05, 0) is 12.1 Å². The largest absolute Gasteiger partial charge is 0.497 e. The zero-order valence-corrected chi connectivity index (χ0v) is 11.0. The molecule has 104 valence electrons. The van der Waals surface area contributed by atoms with E-state index >= 15 is 0 Å². The molecule has 0 aliphatic carbocycles. The van der Waals surface area contributed by atoms with Crippen molar-refractivity contribution in [2.45, 2.75) is 0 Å². The van der Waals surface area contributed by atoms with Crippen molar-refractivity contribution in [3.05, 3.63) is 40.4 Å². The number of hydrogen-bond acceptors (Lipinski definition) is 6. The molecule has 1 aromatic heterocycles. The van der Waals surface area contributed by atoms with Crippen LogP contribution in [0, 0.1) is 10.1 Å². The topological polar surface area (TPSA) is 101 Å². The molecule has 1 aromatic carbocycles. The summed E-state index contributed by atoms with van der Waals surface area (Å²) in [6.45, 7) is 0. The van der Waals surface area contributed by atoms with Crippen molar-refractivity contribution in [2.24, 2.45) is 0 Å². The summed E-state index contributed by atoms with van der Waals surface area (Å²) in [6.07, 6.45) is 0. The number of hydrogen-bond donors (Lipinski definition) is 1. The van der Waals surface area contributed by atoms with Gasteiger partial charge in [0.15, 0.2) is 0 Å². The molecule has 0 bridgehead atoms. The van der Waals surface area contributed by atoms with E-state index < -0.39 is 4.92 Å². The van der Waals surface area contributed by atoms with E-state index in [2.05, 4.69) is 4.98 Å². The van der Waals surface area contributed by atoms with Gasteiger partial charge in [0.05, 0.1) is 30.9 Å². The summed E-state index contributed by atoms with van der Waals surface area (Å²) in [5, 5.41) is 10.9. The van der Waals surface area contributed by atoms with Gasteiger partial charge in [0.2, 0.25) is 0 Å². The van der Waals surface area contributed by atoms with Gasteiger partial charge in [-0.2, -0.15) is 0 Å². The van der Waals surface area contributed by atoms with Crippen LogP contribution in [0.25, 0.3) is 11.3 Å². The zero-order valence-electron chi connectivity index (χ0n) is 11.0. The van der Waals surface area contributed by atoms with Gasteiger partial charge in [-0.1, -0.05) is 0 Å². The molecule has 20 heavy (non-hydrogen) atoms. The quantitative estimate of drug-likeness (QED) is 0.678. The molecule has 0 amide bonds. The normalized spacial score (nSPS) is 10.1. The molecule has 0 radical (unpaired) electrons. The van der Waals surface area contributed by atoms with Crippen LogP contribution in [0.4, 0.5) is 11.5 Å². The fraction of sp³-hybridized carbons (Fsp3) is 0.154. The highest BCUT2D eigenvalue weighted by Gasteiger charge is 2.14. The molecule has 0 saturated heterocycles. The molecule has 1 heterocycles. The number of rotatable bonds is 4. The minimum Gasteiger partial charge on any atom is -0.497 e. The monoisotopic (exact) mass is 275 g/mol. The second-order valence-corrected chi connectivity index (χ2v) is 3.96. The molecule has 0 aliphatic heterocycles. The van der Waals surface area contributed by atoms with Gasteiger partial charge in [0.1, 0.15) is 17.3 Å². The number of ether oxygens (including phenoxy) is 2. The van der Waals surface area contributed by atoms with Crippen molar-refractivity contribution in [3.63, 3.8) is 0 Å². The second-order valence-electron chi connectivity index (χ2n) is 3.96. The fourth-order valence-electron chi connectivity index (χ4n) is 1.79. The van der Waals surface area contributed by atoms with Crippen LogP contribution in [0.1, 0.15) is 0 Å². The summed E-state index contributed by atoms with van der Waals surface area (Å²) < 4.78 is 10.4. The number of benzene rings is 1. The van der Waals surface area contributed by atoms with Crippen LogP contribution in [0.3, 0.4) is 0 Å². The maximum absolute atomic E-state index is 10.9. The first kappa shape index (κ1) is 13.6. The number of nitro groups is 1. The van der Waals surface area contributed by atoms with Gasteiger partial charge >= 0.3 is 0 Å². The first-order valence-electron chi connectivity index (χ1n) is 5.69. The summed E-state index contributed by atoms with van der Waals surface area (Å²) in [4.78, 5) is 14.4. The van der Waals surface area contributed by atoms with Crippen molar-refractivity contribution in [1.82, 2.24) is 4.98 Å². The van der Waals surface area contributed by atoms with Crippen molar-refractivity contribution in [1.29, 1.82) is 0 Å². The minimum atomic E-state index is -0.516. The molecule has 0 atom stereocenters. The highest BCUT2D eigenvalue weighted by Crippen LogP contribution is 2.34. The lowest BCUT2D eigenvalue weighted by atomic mass is 10.1. The molecule has 0 aliphatic rings. The van der Waals surface area contributed by atoms with Gasteiger partial charge in [-0.15, -0.1) is 0 Å². The third kappa shape index (κ3) is 2.61. The summed E-state index contributed by atoms with van der Waals surface area (Å²) in [5.41, 5.74) is 6.45. The molecule has 7 nitrogen and oxygen atoms in total. The maximum atomic E-state index is 10.9. The van der Waals surface area contributed by atoms with E-state index in [0.29, 0.717) is 22.8 Å². The lowest BCUT2D eigenvalue weighted by Crippen LogP contribution is -1.98. The Balaban J connectivity index is 2.58. The number of nitrogen functional groups attached to an aromatic ring is 1. The predicted octanol–water partition coefficient (Wildman–Crippen LogP) is 2.26. The number of nitrogens with zero attached hydrogens (tertiary/aromatic N) is 2. The molecule has 0 spiro atoms. The summed E-state index contributed by atoms with van der Waals surface area (Å²) in [5.74, 6) is 1.19.